The Morgan fingerprint density at radius 3 is 2.52 bits per heavy atom. The molecule has 0 aliphatic carbocycles. The maximum atomic E-state index is 12.3. The van der Waals surface area contributed by atoms with Crippen LogP contribution in [-0.2, 0) is 14.3 Å². The smallest absolute Gasteiger partial charge is 0.407 e. The van der Waals surface area contributed by atoms with Gasteiger partial charge in [-0.25, -0.2) is 4.79 Å². The molecule has 0 radical (unpaired) electrons. The standard InChI is InChI=1S/C19H27N3O5/c1-19(2,3)27-18(25)21-10-9-20-17(24)13-11-16(23)22(12-13)14-7-5-6-8-15(14)26-4/h5-8,13H,9-12H2,1-4H3,(H,20,24)(H,21,25). The molecule has 0 aromatic heterocycles. The number of para-hydroxylation sites is 2. The average Bonchev–Trinajstić information content (AvgIpc) is 2.98. The summed E-state index contributed by atoms with van der Waals surface area (Å²) in [4.78, 5) is 37.8. The third-order valence-electron chi connectivity index (χ3n) is 3.96. The molecule has 2 N–H and O–H groups in total. The van der Waals surface area contributed by atoms with Crippen molar-refractivity contribution >= 4 is 23.6 Å². The van der Waals surface area contributed by atoms with Crippen molar-refractivity contribution in [2.45, 2.75) is 32.8 Å². The highest BCUT2D eigenvalue weighted by molar-refractivity contribution is 6.01. The molecule has 1 aliphatic heterocycles. The fourth-order valence-electron chi connectivity index (χ4n) is 2.78. The maximum Gasteiger partial charge on any atom is 0.407 e. The summed E-state index contributed by atoms with van der Waals surface area (Å²) in [6.07, 6.45) is -0.390. The molecule has 0 bridgehead atoms. The minimum Gasteiger partial charge on any atom is -0.495 e. The highest BCUT2D eigenvalue weighted by Crippen LogP contribution is 2.32. The topological polar surface area (TPSA) is 97.0 Å². The van der Waals surface area contributed by atoms with Gasteiger partial charge in [0.05, 0.1) is 18.7 Å². The second-order valence-corrected chi connectivity index (χ2v) is 7.30. The molecule has 2 rings (SSSR count). The monoisotopic (exact) mass is 377 g/mol. The predicted octanol–water partition coefficient (Wildman–Crippen LogP) is 1.69. The summed E-state index contributed by atoms with van der Waals surface area (Å²) in [5, 5.41) is 5.32. The van der Waals surface area contributed by atoms with Gasteiger partial charge in [-0.2, -0.15) is 0 Å². The second kappa shape index (κ2) is 8.75. The number of hydrogen-bond donors (Lipinski definition) is 2. The van der Waals surface area contributed by atoms with Crippen LogP contribution in [0.15, 0.2) is 24.3 Å². The predicted molar refractivity (Wildman–Crippen MR) is 101 cm³/mol. The van der Waals surface area contributed by atoms with E-state index >= 15 is 0 Å². The molecule has 0 saturated carbocycles. The highest BCUT2D eigenvalue weighted by Gasteiger charge is 2.36. The number of anilines is 1. The number of rotatable bonds is 6. The number of methoxy groups -OCH3 is 1. The number of benzene rings is 1. The van der Waals surface area contributed by atoms with Crippen molar-refractivity contribution in [1.82, 2.24) is 10.6 Å². The molecule has 3 amide bonds. The van der Waals surface area contributed by atoms with Gasteiger partial charge in [0.25, 0.3) is 0 Å². The summed E-state index contributed by atoms with van der Waals surface area (Å²) in [5.41, 5.74) is 0.0892. The third kappa shape index (κ3) is 5.87. The number of hydrogen-bond acceptors (Lipinski definition) is 5. The van der Waals surface area contributed by atoms with Crippen LogP contribution in [0.1, 0.15) is 27.2 Å². The van der Waals surface area contributed by atoms with E-state index < -0.39 is 17.6 Å². The van der Waals surface area contributed by atoms with Crippen molar-refractivity contribution in [3.8, 4) is 5.75 Å². The van der Waals surface area contributed by atoms with E-state index in [1.807, 2.05) is 12.1 Å². The fourth-order valence-corrected chi connectivity index (χ4v) is 2.78. The maximum absolute atomic E-state index is 12.3. The SMILES string of the molecule is COc1ccccc1N1CC(C(=O)NCCNC(=O)OC(C)(C)C)CC1=O. The first kappa shape index (κ1) is 20.5. The minimum absolute atomic E-state index is 0.119. The molecule has 148 valence electrons. The van der Waals surface area contributed by atoms with Crippen molar-refractivity contribution in [2.75, 3.05) is 31.6 Å². The number of amides is 3. The van der Waals surface area contributed by atoms with Crippen LogP contribution in [0, 0.1) is 5.92 Å². The number of nitrogens with one attached hydrogen (secondary N) is 2. The van der Waals surface area contributed by atoms with Crippen LogP contribution < -0.4 is 20.3 Å². The van der Waals surface area contributed by atoms with E-state index in [0.717, 1.165) is 0 Å². The quantitative estimate of drug-likeness (QED) is 0.736. The Morgan fingerprint density at radius 1 is 1.19 bits per heavy atom. The van der Waals surface area contributed by atoms with E-state index in [9.17, 15) is 14.4 Å². The van der Waals surface area contributed by atoms with Crippen molar-refractivity contribution in [2.24, 2.45) is 5.92 Å². The molecule has 1 saturated heterocycles. The van der Waals surface area contributed by atoms with Gasteiger partial charge in [-0.3, -0.25) is 9.59 Å². The van der Waals surface area contributed by atoms with Gasteiger partial charge in [0.2, 0.25) is 11.8 Å². The first-order valence-corrected chi connectivity index (χ1v) is 8.89. The Morgan fingerprint density at radius 2 is 1.85 bits per heavy atom. The van der Waals surface area contributed by atoms with Gasteiger partial charge in [-0.15, -0.1) is 0 Å². The third-order valence-corrected chi connectivity index (χ3v) is 3.96. The average molecular weight is 377 g/mol. The first-order valence-electron chi connectivity index (χ1n) is 8.89. The lowest BCUT2D eigenvalue weighted by Crippen LogP contribution is -2.40. The molecule has 1 unspecified atom stereocenters. The molecule has 0 spiro atoms. The number of nitrogens with zero attached hydrogens (tertiary/aromatic N) is 1. The molecule has 1 aromatic rings. The van der Waals surface area contributed by atoms with E-state index in [-0.39, 0.29) is 31.3 Å². The van der Waals surface area contributed by atoms with Crippen molar-refractivity contribution in [3.05, 3.63) is 24.3 Å². The summed E-state index contributed by atoms with van der Waals surface area (Å²) >= 11 is 0. The highest BCUT2D eigenvalue weighted by atomic mass is 16.6. The van der Waals surface area contributed by atoms with Crippen LogP contribution in [0.25, 0.3) is 0 Å². The summed E-state index contributed by atoms with van der Waals surface area (Å²) in [6, 6.07) is 7.21. The van der Waals surface area contributed by atoms with Gasteiger partial charge in [0, 0.05) is 26.1 Å². The molecular formula is C19H27N3O5. The summed E-state index contributed by atoms with van der Waals surface area (Å²) in [5.74, 6) is -0.185. The zero-order chi connectivity index (χ0) is 20.0. The van der Waals surface area contributed by atoms with E-state index in [1.165, 1.54) is 0 Å². The molecule has 8 nitrogen and oxygen atoms in total. The largest absolute Gasteiger partial charge is 0.495 e. The van der Waals surface area contributed by atoms with Crippen LogP contribution >= 0.6 is 0 Å². The van der Waals surface area contributed by atoms with Crippen LogP contribution in [-0.4, -0.2) is 50.3 Å². The Balaban J connectivity index is 1.81. The zero-order valence-corrected chi connectivity index (χ0v) is 16.2. The Kier molecular flexibility index (Phi) is 6.65. The van der Waals surface area contributed by atoms with Crippen LogP contribution in [0.3, 0.4) is 0 Å². The number of alkyl carbamates (subject to hydrolysis) is 1. The molecule has 27 heavy (non-hydrogen) atoms. The molecular weight excluding hydrogens is 350 g/mol. The van der Waals surface area contributed by atoms with Crippen LogP contribution in [0.4, 0.5) is 10.5 Å². The summed E-state index contributed by atoms with van der Waals surface area (Å²) in [7, 11) is 1.54. The Hall–Kier alpha value is -2.77. The van der Waals surface area contributed by atoms with Crippen LogP contribution in [0.2, 0.25) is 0 Å². The summed E-state index contributed by atoms with van der Waals surface area (Å²) < 4.78 is 10.4. The molecule has 1 aromatic carbocycles. The van der Waals surface area contributed by atoms with Gasteiger partial charge in [0.1, 0.15) is 11.4 Å². The molecule has 1 aliphatic rings. The van der Waals surface area contributed by atoms with Crippen molar-refractivity contribution in [1.29, 1.82) is 0 Å². The van der Waals surface area contributed by atoms with Crippen molar-refractivity contribution < 1.29 is 23.9 Å². The van der Waals surface area contributed by atoms with E-state index in [0.29, 0.717) is 18.0 Å². The lowest BCUT2D eigenvalue weighted by atomic mass is 10.1. The van der Waals surface area contributed by atoms with Gasteiger partial charge < -0.3 is 25.0 Å². The fraction of sp³-hybridized carbons (Fsp3) is 0.526. The van der Waals surface area contributed by atoms with Gasteiger partial charge >= 0.3 is 6.09 Å². The van der Waals surface area contributed by atoms with Gasteiger partial charge in [0.15, 0.2) is 0 Å². The molecule has 8 heteroatoms. The first-order chi connectivity index (χ1) is 12.7. The van der Waals surface area contributed by atoms with E-state index in [4.69, 9.17) is 9.47 Å². The Labute approximate surface area is 159 Å². The minimum atomic E-state index is -0.570. The van der Waals surface area contributed by atoms with Gasteiger partial charge in [-0.05, 0) is 32.9 Å². The molecule has 1 atom stereocenters. The molecule has 1 heterocycles. The summed E-state index contributed by atoms with van der Waals surface area (Å²) in [6.45, 7) is 6.14. The van der Waals surface area contributed by atoms with E-state index in [1.54, 1.807) is 44.9 Å². The number of carbonyl (C=O) groups is 3. The van der Waals surface area contributed by atoms with E-state index in [2.05, 4.69) is 10.6 Å². The van der Waals surface area contributed by atoms with Crippen molar-refractivity contribution in [3.63, 3.8) is 0 Å². The normalized spacial score (nSPS) is 16.8. The lowest BCUT2D eigenvalue weighted by Gasteiger charge is -2.20. The lowest BCUT2D eigenvalue weighted by molar-refractivity contribution is -0.126. The number of ether oxygens (including phenoxy) is 2. The number of carbonyl (C=O) groups excluding carboxylic acids is 3. The van der Waals surface area contributed by atoms with Crippen LogP contribution in [0.5, 0.6) is 5.75 Å². The molecule has 1 fully saturated rings. The second-order valence-electron chi connectivity index (χ2n) is 7.30. The zero-order valence-electron chi connectivity index (χ0n) is 16.2. The van der Waals surface area contributed by atoms with Gasteiger partial charge in [-0.1, -0.05) is 12.1 Å². The Bertz CT molecular complexity index is 699.